The second-order valence-electron chi connectivity index (χ2n) is 19.4. The van der Waals surface area contributed by atoms with Crippen LogP contribution in [0.1, 0.15) is 141 Å². The van der Waals surface area contributed by atoms with Gasteiger partial charge in [0.1, 0.15) is 30.1 Å². The summed E-state index contributed by atoms with van der Waals surface area (Å²) in [7, 11) is -0.418. The van der Waals surface area contributed by atoms with Crippen molar-refractivity contribution in [1.82, 2.24) is 4.90 Å². The smallest absolute Gasteiger partial charge is 0.329 e. The van der Waals surface area contributed by atoms with Gasteiger partial charge < -0.3 is 48.6 Å². The van der Waals surface area contributed by atoms with Crippen molar-refractivity contribution in [3.63, 3.8) is 0 Å². The number of ketones is 3. The third-order valence-electron chi connectivity index (χ3n) is 14.6. The van der Waals surface area contributed by atoms with Crippen LogP contribution in [0, 0.1) is 41.4 Å². The summed E-state index contributed by atoms with van der Waals surface area (Å²) in [5, 5.41) is 33.6. The van der Waals surface area contributed by atoms with Crippen LogP contribution in [-0.2, 0) is 52.4 Å². The number of cyclic esters (lactones) is 1. The van der Waals surface area contributed by atoms with Crippen LogP contribution < -0.4 is 0 Å². The zero-order chi connectivity index (χ0) is 60.9. The minimum Gasteiger partial charge on any atom is -0.460 e. The Morgan fingerprint density at radius 1 is 0.957 bits per heavy atom. The van der Waals surface area contributed by atoms with Crippen LogP contribution in [0.15, 0.2) is 47.6 Å². The molecular formula is C54H85NO14. The number of hydrogen-bond donors (Lipinski definition) is 3. The van der Waals surface area contributed by atoms with Crippen molar-refractivity contribution >= 4 is 29.2 Å². The molecule has 3 heterocycles. The van der Waals surface area contributed by atoms with E-state index in [1.807, 2.05) is 0 Å². The van der Waals surface area contributed by atoms with E-state index < -0.39 is 165 Å². The Morgan fingerprint density at radius 2 is 1.70 bits per heavy atom. The number of aliphatic hydroxyl groups excluding tert-OH is 1. The van der Waals surface area contributed by atoms with E-state index in [9.17, 15) is 42.0 Å². The molecule has 1 saturated carbocycles. The lowest BCUT2D eigenvalue weighted by Gasteiger charge is -2.42. The lowest BCUT2D eigenvalue weighted by Crippen LogP contribution is -2.61. The molecule has 69 heavy (non-hydrogen) atoms. The van der Waals surface area contributed by atoms with Crippen LogP contribution >= 0.6 is 0 Å². The summed E-state index contributed by atoms with van der Waals surface area (Å²) in [5.41, 5.74) is 0.437. The number of fused-ring (bicyclic) bond motifs is 3. The maximum Gasteiger partial charge on any atom is 0.329 e. The van der Waals surface area contributed by atoms with Gasteiger partial charge in [-0.3, -0.25) is 19.2 Å². The molecule has 3 aliphatic heterocycles. The molecule has 0 radical (unpaired) electrons. The second kappa shape index (κ2) is 27.4. The molecule has 4 aliphatic rings. The molecule has 15 heteroatoms. The predicted octanol–water partition coefficient (Wildman–Crippen LogP) is 6.44. The lowest BCUT2D eigenvalue weighted by atomic mass is 9.78. The van der Waals surface area contributed by atoms with Gasteiger partial charge in [-0.25, -0.2) is 4.79 Å². The Balaban J connectivity index is 1.82. The summed E-state index contributed by atoms with van der Waals surface area (Å²) in [6.07, 6.45) is -1.99. The maximum atomic E-state index is 14.6. The fourth-order valence-electron chi connectivity index (χ4n) is 9.76. The molecule has 0 aromatic heterocycles. The van der Waals surface area contributed by atoms with Crippen molar-refractivity contribution in [1.29, 1.82) is 0 Å². The summed E-state index contributed by atoms with van der Waals surface area (Å²) in [4.78, 5) is 73.1. The largest absolute Gasteiger partial charge is 0.460 e. The van der Waals surface area contributed by atoms with Crippen molar-refractivity contribution in [2.24, 2.45) is 41.4 Å². The van der Waals surface area contributed by atoms with Crippen molar-refractivity contribution in [3.8, 4) is 0 Å². The molecule has 2 saturated heterocycles. The number of piperidine rings is 1. The summed E-state index contributed by atoms with van der Waals surface area (Å²) in [6, 6.07) is -1.43. The van der Waals surface area contributed by atoms with Crippen molar-refractivity contribution in [3.05, 3.63) is 47.6 Å². The highest BCUT2D eigenvalue weighted by atomic mass is 16.6. The van der Waals surface area contributed by atoms with E-state index in [4.69, 9.17) is 40.8 Å². The van der Waals surface area contributed by atoms with Gasteiger partial charge in [-0.2, -0.15) is 0 Å². The molecular weight excluding hydrogens is 887 g/mol. The summed E-state index contributed by atoms with van der Waals surface area (Å²) in [6.45, 7) is 5.18. The zero-order valence-electron chi connectivity index (χ0n) is 53.0. The van der Waals surface area contributed by atoms with E-state index in [-0.39, 0.29) is 49.3 Å². The highest BCUT2D eigenvalue weighted by Crippen LogP contribution is 2.38. The number of carbonyl (C=O) groups is 5. The Hall–Kier alpha value is -3.41. The van der Waals surface area contributed by atoms with Gasteiger partial charge in [0.25, 0.3) is 11.7 Å². The van der Waals surface area contributed by atoms with Gasteiger partial charge in [-0.1, -0.05) is 78.0 Å². The third kappa shape index (κ3) is 15.3. The van der Waals surface area contributed by atoms with E-state index in [1.54, 1.807) is 6.92 Å². The number of hydrogen-bond acceptors (Lipinski definition) is 14. The van der Waals surface area contributed by atoms with Crippen molar-refractivity contribution < 1.29 is 82.8 Å². The fourth-order valence-corrected chi connectivity index (χ4v) is 9.76. The number of nitrogens with zero attached hydrogens (tertiary/aromatic N) is 1. The maximum absolute atomic E-state index is 14.6. The Bertz CT molecular complexity index is 2320. The number of ether oxygens (including phenoxy) is 6. The Morgan fingerprint density at radius 3 is 2.38 bits per heavy atom. The van der Waals surface area contributed by atoms with E-state index in [1.165, 1.54) is 99.1 Å². The van der Waals surface area contributed by atoms with Gasteiger partial charge in [0.2, 0.25) is 5.79 Å². The molecule has 15 nitrogen and oxygen atoms in total. The van der Waals surface area contributed by atoms with Crippen LogP contribution in [0.2, 0.25) is 0 Å². The van der Waals surface area contributed by atoms with E-state index in [0.29, 0.717) is 19.3 Å². The number of carbonyl (C=O) groups excluding carboxylic acids is 5. The predicted molar refractivity (Wildman–Crippen MR) is 261 cm³/mol. The highest BCUT2D eigenvalue weighted by molar-refractivity contribution is 6.39. The third-order valence-corrected chi connectivity index (χ3v) is 14.6. The summed E-state index contributed by atoms with van der Waals surface area (Å²) >= 11 is 0. The van der Waals surface area contributed by atoms with Gasteiger partial charge in [0.05, 0.1) is 47.1 Å². The molecule has 4 rings (SSSR count). The van der Waals surface area contributed by atoms with Gasteiger partial charge in [0.15, 0.2) is 5.78 Å². The molecule has 390 valence electrons. The monoisotopic (exact) mass is 983 g/mol. The van der Waals surface area contributed by atoms with Crippen LogP contribution in [0.25, 0.3) is 0 Å². The average Bonchev–Trinajstić information content (AvgIpc) is 3.35. The van der Waals surface area contributed by atoms with E-state index in [0.717, 1.165) is 4.90 Å². The number of esters is 1. The molecule has 2 bridgehead atoms. The quantitative estimate of drug-likeness (QED) is 0.129. The first-order valence-electron chi connectivity index (χ1n) is 29.7. The van der Waals surface area contributed by atoms with E-state index in [2.05, 4.69) is 0 Å². The standard InChI is InChI=1S/C54H85NO14/c1-32-17-13-12-14-18-33(2)45(64-9)30-41-22-20-37(6)54(63,69-41)51(60)52(61)55-24-16-15-19-42(55)53(62)68-46(35(4)28-40-21-23-44(67-26-25-56)47(29-40)65-10)31-43(57)34(3)27-36(5)48(58)50(66-11)49(59)39(8)38(32)7/h12-14,17-18,27,32,34-35,37-42,44-48,50,56,58,63H,15-16,19-26,28-31H2,1-11H3/b14-12+,17-13+,33-18+,36-27+/t32-,34-,35-,37-,38?,39-,40+,41+,42+,44-,45+,46+,47-,48-,50-,54-/m1/s1/i9D3,20D2,25D2,26D2,32D,38D. The minimum atomic E-state index is -3.33. The SMILES string of the molecule is [2H]C([2H])([2H])O[C@H]1C[C@@H]2CC([2H])([2H])[C@@H](C)[C@@](O)(O2)C(=O)C(=O)N2CCCC[C@H]2C(=O)O[C@H]([C@H](C)C[C@@H]2CC[C@@H](OC([2H])([2H])C([2H])([2H])O)[C@H](OC)C2)CC(=O)[C@H](C)/C=C(\C)[C@@H](O)[C@@H](OC)C(=O)[C@H](C)C([2H])(C)[C@]([2H])(C)/C=C/C=C/C=C/1C. The van der Waals surface area contributed by atoms with E-state index >= 15 is 0 Å². The zero-order valence-corrected chi connectivity index (χ0v) is 42.0. The number of methoxy groups -OCH3 is 3. The molecule has 16 atom stereocenters. The second-order valence-corrected chi connectivity index (χ2v) is 19.4. The summed E-state index contributed by atoms with van der Waals surface area (Å²) < 4.78 is 125. The molecule has 3 fully saturated rings. The Kier molecular flexibility index (Phi) is 17.2. The fraction of sp³-hybridized carbons (Fsp3) is 0.759. The number of amides is 1. The first kappa shape index (κ1) is 43.2. The van der Waals surface area contributed by atoms with Gasteiger partial charge >= 0.3 is 5.97 Å². The van der Waals surface area contributed by atoms with Crippen LogP contribution in [-0.4, -0.2) is 145 Å². The molecule has 1 aliphatic carbocycles. The molecule has 0 aromatic rings. The van der Waals surface area contributed by atoms with Crippen LogP contribution in [0.3, 0.4) is 0 Å². The number of rotatable bonds is 9. The topological polar surface area (TPSA) is 205 Å². The van der Waals surface area contributed by atoms with Crippen molar-refractivity contribution in [2.45, 2.75) is 181 Å². The average molecular weight is 983 g/mol. The number of aliphatic hydroxyl groups is 3. The van der Waals surface area contributed by atoms with Crippen LogP contribution in [0.5, 0.6) is 0 Å². The molecule has 1 amide bonds. The normalized spacial score (nSPS) is 45.7. The summed E-state index contributed by atoms with van der Waals surface area (Å²) in [5.74, 6) is -16.5. The van der Waals surface area contributed by atoms with Gasteiger partial charge in [0, 0.05) is 63.9 Å². The Labute approximate surface area is 426 Å². The lowest BCUT2D eigenvalue weighted by molar-refractivity contribution is -0.265. The highest BCUT2D eigenvalue weighted by Gasteiger charge is 2.53. The number of allylic oxidation sites excluding steroid dienone is 6. The first-order chi connectivity index (χ1) is 36.7. The van der Waals surface area contributed by atoms with Gasteiger partial charge in [-0.05, 0) is 106 Å². The van der Waals surface area contributed by atoms with Crippen LogP contribution in [0.4, 0.5) is 0 Å². The first-order valence-corrected chi connectivity index (χ1v) is 24.2. The molecule has 0 spiro atoms. The minimum absolute atomic E-state index is 0.0113. The number of Topliss-reactive ketones (excluding diaryl/α,β-unsaturated/α-hetero) is 3. The molecule has 3 N–H and O–H groups in total. The molecule has 0 aromatic carbocycles. The van der Waals surface area contributed by atoms with Crippen molar-refractivity contribution in [2.75, 3.05) is 40.9 Å². The van der Waals surface area contributed by atoms with Gasteiger partial charge in [-0.15, -0.1) is 0 Å². The molecule has 1 unspecified atom stereocenters.